The summed E-state index contributed by atoms with van der Waals surface area (Å²) in [7, 11) is 0. The van der Waals surface area contributed by atoms with E-state index in [4.69, 9.17) is 4.74 Å². The molecule has 3 saturated heterocycles. The maximum absolute atomic E-state index is 12.6. The molecule has 0 aromatic carbocycles. The van der Waals surface area contributed by atoms with E-state index in [2.05, 4.69) is 39.2 Å². The third-order valence-electron chi connectivity index (χ3n) is 6.83. The average molecular weight is 393 g/mol. The van der Waals surface area contributed by atoms with E-state index >= 15 is 0 Å². The van der Waals surface area contributed by atoms with E-state index < -0.39 is 0 Å². The molecule has 3 aliphatic heterocycles. The maximum Gasteiger partial charge on any atom is 0.269 e. The van der Waals surface area contributed by atoms with Crippen LogP contribution in [0.15, 0.2) is 36.5 Å². The molecule has 0 aliphatic carbocycles. The number of hydrogen-bond acceptors (Lipinski definition) is 5. The number of rotatable bonds is 5. The smallest absolute Gasteiger partial charge is 0.269 e. The number of ether oxygens (including phenoxy) is 1. The molecule has 29 heavy (non-hydrogen) atoms. The lowest BCUT2D eigenvalue weighted by Crippen LogP contribution is -2.42. The van der Waals surface area contributed by atoms with Crippen LogP contribution < -0.4 is 5.32 Å². The van der Waals surface area contributed by atoms with Gasteiger partial charge in [-0.15, -0.1) is 0 Å². The monoisotopic (exact) mass is 392 g/mol. The van der Waals surface area contributed by atoms with E-state index in [-0.39, 0.29) is 17.6 Å². The van der Waals surface area contributed by atoms with Gasteiger partial charge in [-0.1, -0.05) is 12.1 Å². The van der Waals surface area contributed by atoms with Crippen molar-refractivity contribution in [1.82, 2.24) is 20.2 Å². The van der Waals surface area contributed by atoms with Crippen LogP contribution in [0.25, 0.3) is 0 Å². The second-order valence-electron chi connectivity index (χ2n) is 8.90. The van der Waals surface area contributed by atoms with Crippen LogP contribution in [0.1, 0.15) is 40.3 Å². The highest BCUT2D eigenvalue weighted by atomic mass is 16.5. The van der Waals surface area contributed by atoms with Crippen molar-refractivity contribution in [2.45, 2.75) is 44.9 Å². The predicted molar refractivity (Wildman–Crippen MR) is 109 cm³/mol. The standard InChI is InChI=1S/C23H28N4O2/c1-15-6-7-17(24-10-15)12-27-13-19-18(21-8-9-23(19,14-27)29-21)11-25-22(28)20-5-3-4-16(2)26-20/h3-7,10,18-19,21H,8-9,11-14H2,1-2H3,(H,25,28)/t18-,19+,21+,23+/m0/s1. The molecule has 0 unspecified atom stereocenters. The van der Waals surface area contributed by atoms with Crippen molar-refractivity contribution < 1.29 is 9.53 Å². The van der Waals surface area contributed by atoms with E-state index in [1.54, 1.807) is 6.07 Å². The molecule has 3 fully saturated rings. The molecule has 0 saturated carbocycles. The molecule has 5 heterocycles. The van der Waals surface area contributed by atoms with Crippen LogP contribution >= 0.6 is 0 Å². The lowest BCUT2D eigenvalue weighted by atomic mass is 9.73. The van der Waals surface area contributed by atoms with Gasteiger partial charge in [-0.3, -0.25) is 14.7 Å². The number of pyridine rings is 2. The number of hydrogen-bond donors (Lipinski definition) is 1. The van der Waals surface area contributed by atoms with Crippen molar-refractivity contribution in [3.05, 3.63) is 59.2 Å². The molecule has 2 bridgehead atoms. The summed E-state index contributed by atoms with van der Waals surface area (Å²) in [5.41, 5.74) is 3.61. The highest BCUT2D eigenvalue weighted by Gasteiger charge is 2.62. The van der Waals surface area contributed by atoms with Gasteiger partial charge in [0, 0.05) is 49.9 Å². The molecule has 1 amide bonds. The topological polar surface area (TPSA) is 67.4 Å². The largest absolute Gasteiger partial charge is 0.370 e. The van der Waals surface area contributed by atoms with Crippen LogP contribution in [0.5, 0.6) is 0 Å². The Morgan fingerprint density at radius 1 is 1.31 bits per heavy atom. The first-order chi connectivity index (χ1) is 14.0. The van der Waals surface area contributed by atoms with Gasteiger partial charge in [-0.25, -0.2) is 4.98 Å². The Bertz CT molecular complexity index is 915. The highest BCUT2D eigenvalue weighted by molar-refractivity contribution is 5.92. The molecule has 0 radical (unpaired) electrons. The average Bonchev–Trinajstić information content (AvgIpc) is 3.36. The SMILES string of the molecule is Cc1ccc(CN2C[C@@H]3[C@H](CNC(=O)c4cccc(C)n4)[C@H]4CC[C@]3(C2)O4)nc1. The maximum atomic E-state index is 12.6. The van der Waals surface area contributed by atoms with E-state index in [0.717, 1.165) is 43.9 Å². The number of carbonyl (C=O) groups is 1. The second-order valence-corrected chi connectivity index (χ2v) is 8.90. The summed E-state index contributed by atoms with van der Waals surface area (Å²) in [6.07, 6.45) is 4.43. The minimum Gasteiger partial charge on any atom is -0.370 e. The Hall–Kier alpha value is -2.31. The Kier molecular flexibility index (Phi) is 4.63. The molecule has 1 spiro atoms. The Labute approximate surface area is 171 Å². The van der Waals surface area contributed by atoms with Gasteiger partial charge in [0.2, 0.25) is 0 Å². The Balaban J connectivity index is 1.24. The highest BCUT2D eigenvalue weighted by Crippen LogP contribution is 2.54. The first-order valence-electron chi connectivity index (χ1n) is 10.6. The van der Waals surface area contributed by atoms with E-state index in [1.165, 1.54) is 5.56 Å². The van der Waals surface area contributed by atoms with Crippen LogP contribution in [-0.2, 0) is 11.3 Å². The molecule has 4 atom stereocenters. The number of amides is 1. The first-order valence-corrected chi connectivity index (χ1v) is 10.6. The summed E-state index contributed by atoms with van der Waals surface area (Å²) in [5, 5.41) is 3.12. The number of carbonyl (C=O) groups excluding carboxylic acids is 1. The van der Waals surface area contributed by atoms with Crippen molar-refractivity contribution in [2.24, 2.45) is 11.8 Å². The molecule has 152 valence electrons. The zero-order valence-electron chi connectivity index (χ0n) is 17.1. The van der Waals surface area contributed by atoms with Crippen LogP contribution in [0.4, 0.5) is 0 Å². The van der Waals surface area contributed by atoms with Crippen LogP contribution in [0.2, 0.25) is 0 Å². The van der Waals surface area contributed by atoms with Crippen molar-refractivity contribution >= 4 is 5.91 Å². The molecule has 5 rings (SSSR count). The van der Waals surface area contributed by atoms with Gasteiger partial charge in [0.05, 0.1) is 17.4 Å². The zero-order chi connectivity index (χ0) is 20.0. The predicted octanol–water partition coefficient (Wildman–Crippen LogP) is 2.50. The molecule has 3 aliphatic rings. The molecular weight excluding hydrogens is 364 g/mol. The van der Waals surface area contributed by atoms with Crippen molar-refractivity contribution in [2.75, 3.05) is 19.6 Å². The molecular formula is C23H28N4O2. The summed E-state index contributed by atoms with van der Waals surface area (Å²) in [6, 6.07) is 9.79. The van der Waals surface area contributed by atoms with Gasteiger partial charge in [0.15, 0.2) is 0 Å². The molecule has 6 nitrogen and oxygen atoms in total. The minimum absolute atomic E-state index is 0.0354. The van der Waals surface area contributed by atoms with E-state index in [9.17, 15) is 4.79 Å². The quantitative estimate of drug-likeness (QED) is 0.847. The minimum atomic E-state index is -0.0933. The van der Waals surface area contributed by atoms with Gasteiger partial charge in [-0.05, 0) is 50.5 Å². The lowest BCUT2D eigenvalue weighted by molar-refractivity contribution is 0.00203. The normalized spacial score (nSPS) is 30.5. The zero-order valence-corrected chi connectivity index (χ0v) is 17.1. The van der Waals surface area contributed by atoms with Crippen molar-refractivity contribution in [3.8, 4) is 0 Å². The lowest BCUT2D eigenvalue weighted by Gasteiger charge is -2.29. The first kappa shape index (κ1) is 18.7. The fourth-order valence-electron chi connectivity index (χ4n) is 5.47. The second kappa shape index (κ2) is 7.18. The van der Waals surface area contributed by atoms with Crippen LogP contribution in [0.3, 0.4) is 0 Å². The number of nitrogens with one attached hydrogen (secondary N) is 1. The van der Waals surface area contributed by atoms with Gasteiger partial charge in [-0.2, -0.15) is 0 Å². The van der Waals surface area contributed by atoms with E-state index in [1.807, 2.05) is 25.3 Å². The molecule has 1 N–H and O–H groups in total. The van der Waals surface area contributed by atoms with Crippen LogP contribution in [0, 0.1) is 25.7 Å². The number of aromatic nitrogens is 2. The van der Waals surface area contributed by atoms with Gasteiger partial charge < -0.3 is 10.1 Å². The Morgan fingerprint density at radius 3 is 3.00 bits per heavy atom. The third-order valence-corrected chi connectivity index (χ3v) is 6.83. The van der Waals surface area contributed by atoms with Crippen LogP contribution in [-0.4, -0.2) is 52.1 Å². The molecule has 2 aromatic rings. The summed E-state index contributed by atoms with van der Waals surface area (Å²) in [4.78, 5) is 23.9. The van der Waals surface area contributed by atoms with Gasteiger partial charge in [0.25, 0.3) is 5.91 Å². The Morgan fingerprint density at radius 2 is 2.21 bits per heavy atom. The van der Waals surface area contributed by atoms with Gasteiger partial charge >= 0.3 is 0 Å². The summed E-state index contributed by atoms with van der Waals surface area (Å²) in [5.74, 6) is 0.746. The number of fused-ring (bicyclic) bond motifs is 1. The van der Waals surface area contributed by atoms with Gasteiger partial charge in [0.1, 0.15) is 5.69 Å². The summed E-state index contributed by atoms with van der Waals surface area (Å²) in [6.45, 7) is 7.46. The number of nitrogens with zero attached hydrogens (tertiary/aromatic N) is 3. The van der Waals surface area contributed by atoms with E-state index in [0.29, 0.717) is 24.1 Å². The number of likely N-dealkylation sites (tertiary alicyclic amines) is 1. The summed E-state index contributed by atoms with van der Waals surface area (Å²) >= 11 is 0. The fraction of sp³-hybridized carbons (Fsp3) is 0.522. The molecule has 6 heteroatoms. The molecule has 2 aromatic heterocycles. The van der Waals surface area contributed by atoms with Crippen molar-refractivity contribution in [1.29, 1.82) is 0 Å². The third kappa shape index (κ3) is 3.45. The van der Waals surface area contributed by atoms with Crippen molar-refractivity contribution in [3.63, 3.8) is 0 Å². The number of aryl methyl sites for hydroxylation is 2. The summed E-state index contributed by atoms with van der Waals surface area (Å²) < 4.78 is 6.51. The fourth-order valence-corrected chi connectivity index (χ4v) is 5.47.